The Kier molecular flexibility index (Phi) is 7.01. The van der Waals surface area contributed by atoms with E-state index in [1.807, 2.05) is 48.5 Å². The van der Waals surface area contributed by atoms with E-state index in [4.69, 9.17) is 9.47 Å². The van der Waals surface area contributed by atoms with Crippen LogP contribution in [0.1, 0.15) is 33.0 Å². The molecule has 0 radical (unpaired) electrons. The van der Waals surface area contributed by atoms with Gasteiger partial charge in [0.05, 0.1) is 12.7 Å². The molecule has 0 unspecified atom stereocenters. The van der Waals surface area contributed by atoms with Gasteiger partial charge in [0.15, 0.2) is 0 Å². The quantitative estimate of drug-likeness (QED) is 0.460. The lowest BCUT2D eigenvalue weighted by Crippen LogP contribution is -2.42. The van der Waals surface area contributed by atoms with E-state index in [0.717, 1.165) is 22.3 Å². The maximum atomic E-state index is 12.6. The summed E-state index contributed by atoms with van der Waals surface area (Å²) in [5, 5.41) is 14.6. The van der Waals surface area contributed by atoms with E-state index in [1.165, 1.54) is 14.2 Å². The van der Waals surface area contributed by atoms with Crippen LogP contribution in [0.2, 0.25) is 0 Å². The number of alkyl carbamates (subject to hydrolysis) is 1. The Labute approximate surface area is 202 Å². The predicted molar refractivity (Wildman–Crippen MR) is 130 cm³/mol. The van der Waals surface area contributed by atoms with Crippen LogP contribution >= 0.6 is 0 Å². The zero-order valence-corrected chi connectivity index (χ0v) is 19.4. The monoisotopic (exact) mass is 474 g/mol. The van der Waals surface area contributed by atoms with Crippen LogP contribution in [0.3, 0.4) is 0 Å². The molecule has 3 aromatic rings. The molecule has 0 aromatic heterocycles. The number of carboxylic acid groups (broad SMARTS) is 1. The van der Waals surface area contributed by atoms with Crippen molar-refractivity contribution in [1.82, 2.24) is 10.6 Å². The Morgan fingerprint density at radius 2 is 1.60 bits per heavy atom. The SMILES string of the molecule is CNC(=O)c1ccc(C[C@H](NC(=O)OCC2c3ccccc3-c3ccccc32)C(=O)O)cc1OC. The molecule has 0 saturated carbocycles. The lowest BCUT2D eigenvalue weighted by molar-refractivity contribution is -0.139. The highest BCUT2D eigenvalue weighted by Gasteiger charge is 2.30. The Morgan fingerprint density at radius 1 is 0.971 bits per heavy atom. The van der Waals surface area contributed by atoms with Gasteiger partial charge in [-0.05, 0) is 39.9 Å². The van der Waals surface area contributed by atoms with Gasteiger partial charge in [-0.15, -0.1) is 0 Å². The Balaban J connectivity index is 1.43. The van der Waals surface area contributed by atoms with E-state index in [1.54, 1.807) is 18.2 Å². The maximum Gasteiger partial charge on any atom is 0.407 e. The number of hydrogen-bond acceptors (Lipinski definition) is 5. The molecular formula is C27H26N2O6. The van der Waals surface area contributed by atoms with Crippen molar-refractivity contribution in [2.24, 2.45) is 0 Å². The first-order chi connectivity index (χ1) is 16.9. The highest BCUT2D eigenvalue weighted by atomic mass is 16.5. The number of benzene rings is 3. The molecule has 4 rings (SSSR count). The van der Waals surface area contributed by atoms with Crippen molar-refractivity contribution in [3.05, 3.63) is 89.0 Å². The third kappa shape index (κ3) is 4.96. The first-order valence-corrected chi connectivity index (χ1v) is 11.2. The van der Waals surface area contributed by atoms with Crippen LogP contribution in [0.5, 0.6) is 5.75 Å². The van der Waals surface area contributed by atoms with Crippen molar-refractivity contribution < 1.29 is 29.0 Å². The Hall–Kier alpha value is -4.33. The fourth-order valence-corrected chi connectivity index (χ4v) is 4.40. The summed E-state index contributed by atoms with van der Waals surface area (Å²) in [6.45, 7) is 0.0842. The van der Waals surface area contributed by atoms with Gasteiger partial charge in [0.25, 0.3) is 5.91 Å². The number of fused-ring (bicyclic) bond motifs is 3. The highest BCUT2D eigenvalue weighted by molar-refractivity contribution is 5.96. The van der Waals surface area contributed by atoms with Gasteiger partial charge in [-0.2, -0.15) is 0 Å². The van der Waals surface area contributed by atoms with Gasteiger partial charge >= 0.3 is 12.1 Å². The summed E-state index contributed by atoms with van der Waals surface area (Å²) >= 11 is 0. The van der Waals surface area contributed by atoms with E-state index < -0.39 is 18.1 Å². The number of hydrogen-bond donors (Lipinski definition) is 3. The molecule has 3 aromatic carbocycles. The van der Waals surface area contributed by atoms with Crippen molar-refractivity contribution in [1.29, 1.82) is 0 Å². The molecule has 0 spiro atoms. The van der Waals surface area contributed by atoms with E-state index in [9.17, 15) is 19.5 Å². The minimum absolute atomic E-state index is 0.0100. The summed E-state index contributed by atoms with van der Waals surface area (Å²) in [6, 6.07) is 19.5. The molecule has 8 heteroatoms. The van der Waals surface area contributed by atoms with Crippen molar-refractivity contribution in [2.75, 3.05) is 20.8 Å². The number of carboxylic acids is 1. The molecule has 1 aliphatic rings. The molecule has 2 amide bonds. The van der Waals surface area contributed by atoms with Crippen molar-refractivity contribution in [2.45, 2.75) is 18.4 Å². The fourth-order valence-electron chi connectivity index (χ4n) is 4.40. The summed E-state index contributed by atoms with van der Waals surface area (Å²) in [4.78, 5) is 36.4. The van der Waals surface area contributed by atoms with Gasteiger partial charge < -0.3 is 25.2 Å². The number of amides is 2. The van der Waals surface area contributed by atoms with E-state index in [2.05, 4.69) is 10.6 Å². The average Bonchev–Trinajstić information content (AvgIpc) is 3.20. The number of ether oxygens (including phenoxy) is 2. The third-order valence-corrected chi connectivity index (χ3v) is 6.11. The topological polar surface area (TPSA) is 114 Å². The molecule has 0 fully saturated rings. The summed E-state index contributed by atoms with van der Waals surface area (Å²) in [7, 11) is 2.93. The fraction of sp³-hybridized carbons (Fsp3) is 0.222. The minimum Gasteiger partial charge on any atom is -0.496 e. The summed E-state index contributed by atoms with van der Waals surface area (Å²) in [5.41, 5.74) is 5.26. The van der Waals surface area contributed by atoms with Gasteiger partial charge in [-0.1, -0.05) is 54.6 Å². The van der Waals surface area contributed by atoms with Crippen LogP contribution in [0, 0.1) is 0 Å². The molecule has 0 saturated heterocycles. The number of carbonyl (C=O) groups is 3. The first kappa shape index (κ1) is 23.8. The first-order valence-electron chi connectivity index (χ1n) is 11.2. The van der Waals surface area contributed by atoms with E-state index in [0.29, 0.717) is 16.9 Å². The van der Waals surface area contributed by atoms with Crippen LogP contribution in [0.25, 0.3) is 11.1 Å². The van der Waals surface area contributed by atoms with Gasteiger partial charge in [0.2, 0.25) is 0 Å². The number of carbonyl (C=O) groups excluding carboxylic acids is 2. The van der Waals surface area contributed by atoms with Gasteiger partial charge in [-0.3, -0.25) is 4.79 Å². The van der Waals surface area contributed by atoms with Crippen molar-refractivity contribution in [3.63, 3.8) is 0 Å². The standard InChI is InChI=1S/C27H26N2O6/c1-28-25(30)21-12-11-16(14-24(21)34-2)13-23(26(31)32)29-27(33)35-15-22-19-9-5-3-7-17(19)18-8-4-6-10-20(18)22/h3-12,14,22-23H,13,15H2,1-2H3,(H,28,30)(H,29,33)(H,31,32)/t23-/m0/s1. The van der Waals surface area contributed by atoms with Crippen LogP contribution in [-0.2, 0) is 16.0 Å². The normalized spacial score (nSPS) is 12.7. The van der Waals surface area contributed by atoms with Crippen LogP contribution in [0.4, 0.5) is 4.79 Å². The van der Waals surface area contributed by atoms with E-state index >= 15 is 0 Å². The van der Waals surface area contributed by atoms with E-state index in [-0.39, 0.29) is 24.9 Å². The lowest BCUT2D eigenvalue weighted by Gasteiger charge is -2.18. The zero-order chi connectivity index (χ0) is 24.9. The molecular weight excluding hydrogens is 448 g/mol. The van der Waals surface area contributed by atoms with Crippen molar-refractivity contribution >= 4 is 18.0 Å². The Morgan fingerprint density at radius 3 is 2.17 bits per heavy atom. The Bertz CT molecular complexity index is 1230. The number of nitrogens with one attached hydrogen (secondary N) is 2. The third-order valence-electron chi connectivity index (χ3n) is 6.11. The molecule has 35 heavy (non-hydrogen) atoms. The lowest BCUT2D eigenvalue weighted by atomic mass is 9.98. The summed E-state index contributed by atoms with van der Waals surface area (Å²) in [6.07, 6.45) is -0.822. The zero-order valence-electron chi connectivity index (χ0n) is 19.4. The molecule has 1 aliphatic carbocycles. The van der Waals surface area contributed by atoms with Crippen LogP contribution in [0.15, 0.2) is 66.7 Å². The molecule has 3 N–H and O–H groups in total. The minimum atomic E-state index is -1.22. The second kappa shape index (κ2) is 10.3. The van der Waals surface area contributed by atoms with Gasteiger partial charge in [-0.25, -0.2) is 9.59 Å². The maximum absolute atomic E-state index is 12.6. The van der Waals surface area contributed by atoms with Crippen LogP contribution < -0.4 is 15.4 Å². The molecule has 180 valence electrons. The highest BCUT2D eigenvalue weighted by Crippen LogP contribution is 2.44. The summed E-state index contributed by atoms with van der Waals surface area (Å²) < 4.78 is 10.7. The van der Waals surface area contributed by atoms with Gasteiger partial charge in [0.1, 0.15) is 18.4 Å². The van der Waals surface area contributed by atoms with Crippen LogP contribution in [-0.4, -0.2) is 49.9 Å². The largest absolute Gasteiger partial charge is 0.496 e. The predicted octanol–water partition coefficient (Wildman–Crippen LogP) is 3.59. The van der Waals surface area contributed by atoms with Crippen molar-refractivity contribution in [3.8, 4) is 16.9 Å². The molecule has 1 atom stereocenters. The molecule has 0 aliphatic heterocycles. The second-order valence-corrected chi connectivity index (χ2v) is 8.18. The second-order valence-electron chi connectivity index (χ2n) is 8.18. The average molecular weight is 475 g/mol. The molecule has 0 heterocycles. The number of rotatable bonds is 8. The number of methoxy groups -OCH3 is 1. The number of aliphatic carboxylic acids is 1. The summed E-state index contributed by atoms with van der Waals surface area (Å²) in [5.74, 6) is -1.34. The molecule has 0 bridgehead atoms. The smallest absolute Gasteiger partial charge is 0.407 e. The molecule has 8 nitrogen and oxygen atoms in total. The van der Waals surface area contributed by atoms with Gasteiger partial charge in [0, 0.05) is 19.4 Å².